The van der Waals surface area contributed by atoms with E-state index in [1.807, 2.05) is 85.8 Å². The summed E-state index contributed by atoms with van der Waals surface area (Å²) in [6.45, 7) is 4.46. The number of fused-ring (bicyclic) bond motifs is 1. The van der Waals surface area contributed by atoms with Crippen molar-refractivity contribution in [3.63, 3.8) is 0 Å². The molecule has 6 rings (SSSR count). The number of carbonyl (C=O) groups is 1. The molecule has 1 atom stereocenters. The number of rotatable bonds is 9. The van der Waals surface area contributed by atoms with Crippen LogP contribution >= 0.6 is 11.3 Å². The molecule has 0 bridgehead atoms. The first-order valence-electron chi connectivity index (χ1n) is 14.5. The number of anilines is 1. The lowest BCUT2D eigenvalue weighted by molar-refractivity contribution is -0.113. The summed E-state index contributed by atoms with van der Waals surface area (Å²) in [5.74, 6) is 0.626. The normalized spacial score (nSPS) is 14.5. The highest BCUT2D eigenvalue weighted by atomic mass is 32.1. The fourth-order valence-electron chi connectivity index (χ4n) is 5.17. The van der Waals surface area contributed by atoms with Crippen molar-refractivity contribution in [3.05, 3.63) is 157 Å². The molecule has 1 aromatic heterocycles. The van der Waals surface area contributed by atoms with Gasteiger partial charge < -0.3 is 14.8 Å². The third kappa shape index (κ3) is 6.49. The smallest absolute Gasteiger partial charge is 0.271 e. The van der Waals surface area contributed by atoms with Gasteiger partial charge in [0.05, 0.1) is 28.5 Å². The molecule has 2 heterocycles. The van der Waals surface area contributed by atoms with Crippen LogP contribution in [0.5, 0.6) is 11.5 Å². The summed E-state index contributed by atoms with van der Waals surface area (Å²) in [6, 6.07) is 29.4. The Labute approximate surface area is 263 Å². The fourth-order valence-corrected chi connectivity index (χ4v) is 6.21. The lowest BCUT2D eigenvalue weighted by atomic mass is 9.95. The maximum absolute atomic E-state index is 14.2. The van der Waals surface area contributed by atoms with Crippen LogP contribution < -0.4 is 29.7 Å². The van der Waals surface area contributed by atoms with Crippen molar-refractivity contribution >= 4 is 29.0 Å². The van der Waals surface area contributed by atoms with Crippen LogP contribution in [0.25, 0.3) is 6.08 Å². The molecule has 0 radical (unpaired) electrons. The Morgan fingerprint density at radius 1 is 0.956 bits per heavy atom. The number of carbonyl (C=O) groups excluding carboxylic acids is 1. The first kappa shape index (κ1) is 29.8. The van der Waals surface area contributed by atoms with Crippen molar-refractivity contribution in [2.75, 3.05) is 11.9 Å². The zero-order valence-electron chi connectivity index (χ0n) is 24.7. The summed E-state index contributed by atoms with van der Waals surface area (Å²) in [6.07, 6.45) is 1.78. The zero-order valence-corrected chi connectivity index (χ0v) is 25.5. The molecule has 1 N–H and O–H groups in total. The zero-order chi connectivity index (χ0) is 31.3. The topological polar surface area (TPSA) is 81.9 Å². The Kier molecular flexibility index (Phi) is 8.70. The molecule has 1 amide bonds. The average molecular weight is 620 g/mol. The van der Waals surface area contributed by atoms with E-state index >= 15 is 0 Å². The van der Waals surface area contributed by atoms with Crippen molar-refractivity contribution in [2.45, 2.75) is 26.5 Å². The van der Waals surface area contributed by atoms with Gasteiger partial charge in [-0.25, -0.2) is 9.38 Å². The Morgan fingerprint density at radius 3 is 2.40 bits per heavy atom. The van der Waals surface area contributed by atoms with Gasteiger partial charge >= 0.3 is 0 Å². The molecule has 0 fully saturated rings. The summed E-state index contributed by atoms with van der Waals surface area (Å²) >= 11 is 1.25. The van der Waals surface area contributed by atoms with Gasteiger partial charge in [0.25, 0.3) is 11.5 Å². The van der Waals surface area contributed by atoms with Gasteiger partial charge in [-0.3, -0.25) is 14.2 Å². The summed E-state index contributed by atoms with van der Waals surface area (Å²) in [5, 5.41) is 2.97. The summed E-state index contributed by atoms with van der Waals surface area (Å²) in [7, 11) is 0. The van der Waals surface area contributed by atoms with Gasteiger partial charge in [-0.1, -0.05) is 72.0 Å². The molecule has 7 nitrogen and oxygen atoms in total. The molecule has 226 valence electrons. The Hall–Kier alpha value is -5.28. The number of nitrogens with one attached hydrogen (secondary N) is 1. The average Bonchev–Trinajstić information content (AvgIpc) is 3.35. The van der Waals surface area contributed by atoms with Gasteiger partial charge in [0.2, 0.25) is 0 Å². The predicted molar refractivity (Wildman–Crippen MR) is 174 cm³/mol. The number of aromatic nitrogens is 1. The van der Waals surface area contributed by atoms with Crippen LogP contribution in [0.1, 0.15) is 36.6 Å². The number of thiazole rings is 1. The minimum Gasteiger partial charge on any atom is -0.494 e. The quantitative estimate of drug-likeness (QED) is 0.220. The van der Waals surface area contributed by atoms with Gasteiger partial charge in [0.1, 0.15) is 23.9 Å². The van der Waals surface area contributed by atoms with E-state index in [1.165, 1.54) is 23.5 Å². The number of benzene rings is 4. The predicted octanol–water partition coefficient (Wildman–Crippen LogP) is 5.99. The number of amides is 1. The molecule has 0 aliphatic carbocycles. The maximum Gasteiger partial charge on any atom is 0.271 e. The van der Waals surface area contributed by atoms with Gasteiger partial charge in [0.15, 0.2) is 4.80 Å². The van der Waals surface area contributed by atoms with Gasteiger partial charge in [-0.15, -0.1) is 0 Å². The highest BCUT2D eigenvalue weighted by molar-refractivity contribution is 7.07. The third-order valence-electron chi connectivity index (χ3n) is 7.32. The molecule has 45 heavy (non-hydrogen) atoms. The molecule has 9 heteroatoms. The number of hydrogen-bond acceptors (Lipinski definition) is 6. The third-order valence-corrected chi connectivity index (χ3v) is 8.30. The van der Waals surface area contributed by atoms with Crippen LogP contribution in [0.3, 0.4) is 0 Å². The fraction of sp³-hybridized carbons (Fsp3) is 0.139. The lowest BCUT2D eigenvalue weighted by Gasteiger charge is -2.25. The van der Waals surface area contributed by atoms with Crippen molar-refractivity contribution < 1.29 is 18.7 Å². The largest absolute Gasteiger partial charge is 0.494 e. The van der Waals surface area contributed by atoms with E-state index in [0.717, 1.165) is 11.1 Å². The minimum absolute atomic E-state index is 0.239. The Morgan fingerprint density at radius 2 is 1.67 bits per heavy atom. The highest BCUT2D eigenvalue weighted by Crippen LogP contribution is 2.32. The van der Waals surface area contributed by atoms with Crippen LogP contribution in [-0.4, -0.2) is 17.1 Å². The minimum atomic E-state index is -0.715. The summed E-state index contributed by atoms with van der Waals surface area (Å²) < 4.78 is 27.1. The van der Waals surface area contributed by atoms with E-state index in [-0.39, 0.29) is 23.9 Å². The second-order valence-electron chi connectivity index (χ2n) is 10.4. The van der Waals surface area contributed by atoms with Gasteiger partial charge in [-0.05, 0) is 73.5 Å². The van der Waals surface area contributed by atoms with Crippen molar-refractivity contribution in [1.29, 1.82) is 0 Å². The first-order valence-corrected chi connectivity index (χ1v) is 15.3. The first-order chi connectivity index (χ1) is 21.9. The monoisotopic (exact) mass is 619 g/mol. The molecule has 0 saturated heterocycles. The Bertz CT molecular complexity index is 2050. The number of halogens is 1. The van der Waals surface area contributed by atoms with Crippen molar-refractivity contribution in [1.82, 2.24) is 4.57 Å². The van der Waals surface area contributed by atoms with Crippen LogP contribution in [-0.2, 0) is 11.4 Å². The van der Waals surface area contributed by atoms with E-state index in [4.69, 9.17) is 14.5 Å². The number of para-hydroxylation sites is 2. The molecular formula is C36H30FN3O4S. The number of allylic oxidation sites excluding steroid dienone is 1. The van der Waals surface area contributed by atoms with Crippen molar-refractivity contribution in [2.24, 2.45) is 4.99 Å². The second kappa shape index (κ2) is 13.2. The van der Waals surface area contributed by atoms with Crippen LogP contribution in [0.15, 0.2) is 124 Å². The SMILES string of the molecule is CCOc1ccc([C@H]2C(C(=O)Nc3ccccc3)=C(C)N=c3s/c(=C\c4ccccc4OCc4ccc(F)cc4)c(=O)n32)cc1. The standard InChI is InChI=1S/C36H30FN3O4S/c1-3-43-29-19-15-25(16-20-29)33-32(34(41)39-28-10-5-4-6-11-28)23(2)38-36-40(33)35(42)31(45-36)21-26-9-7-8-12-30(26)44-22-24-13-17-27(37)18-14-24/h4-21,33H,3,22H2,1-2H3,(H,39,41)/b31-21-/t33-/m0/s1. The van der Waals surface area contributed by atoms with Crippen LogP contribution in [0.2, 0.25) is 0 Å². The highest BCUT2D eigenvalue weighted by Gasteiger charge is 2.32. The molecule has 1 aliphatic rings. The Balaban J connectivity index is 1.41. The van der Waals surface area contributed by atoms with Crippen LogP contribution in [0.4, 0.5) is 10.1 Å². The van der Waals surface area contributed by atoms with E-state index in [0.29, 0.717) is 50.0 Å². The van der Waals surface area contributed by atoms with E-state index in [2.05, 4.69) is 5.32 Å². The van der Waals surface area contributed by atoms with E-state index < -0.39 is 6.04 Å². The molecule has 0 spiro atoms. The summed E-state index contributed by atoms with van der Waals surface area (Å²) in [4.78, 5) is 33.2. The van der Waals surface area contributed by atoms with E-state index in [1.54, 1.807) is 29.7 Å². The van der Waals surface area contributed by atoms with Crippen LogP contribution in [0, 0.1) is 5.82 Å². The molecule has 1 aliphatic heterocycles. The maximum atomic E-state index is 14.2. The van der Waals surface area contributed by atoms with Gasteiger partial charge in [0, 0.05) is 11.3 Å². The number of nitrogens with zero attached hydrogens (tertiary/aromatic N) is 2. The number of hydrogen-bond donors (Lipinski definition) is 1. The van der Waals surface area contributed by atoms with Gasteiger partial charge in [-0.2, -0.15) is 0 Å². The number of ether oxygens (including phenoxy) is 2. The lowest BCUT2D eigenvalue weighted by Crippen LogP contribution is -2.40. The molecular weight excluding hydrogens is 589 g/mol. The van der Waals surface area contributed by atoms with E-state index in [9.17, 15) is 14.0 Å². The molecule has 5 aromatic rings. The van der Waals surface area contributed by atoms with Crippen molar-refractivity contribution in [3.8, 4) is 11.5 Å². The molecule has 0 unspecified atom stereocenters. The summed E-state index contributed by atoms with van der Waals surface area (Å²) in [5.41, 5.74) is 3.55. The second-order valence-corrected chi connectivity index (χ2v) is 11.4. The molecule has 0 saturated carbocycles. The molecule has 4 aromatic carbocycles.